The summed E-state index contributed by atoms with van der Waals surface area (Å²) in [6.07, 6.45) is 7.78. The molecule has 0 radical (unpaired) electrons. The zero-order valence-corrected chi connectivity index (χ0v) is 20.8. The normalized spacial score (nSPS) is 14.2. The molecule has 2 aromatic heterocycles. The third-order valence-electron chi connectivity index (χ3n) is 6.37. The van der Waals surface area contributed by atoms with E-state index >= 15 is 0 Å². The Labute approximate surface area is 202 Å². The minimum Gasteiger partial charge on any atom is -0.356 e. The third-order valence-corrected chi connectivity index (χ3v) is 7.84. The van der Waals surface area contributed by atoms with Crippen LogP contribution in [0.5, 0.6) is 0 Å². The highest BCUT2D eigenvalue weighted by Crippen LogP contribution is 2.34. The number of aryl methyl sites for hydroxylation is 1. The average Bonchev–Trinajstić information content (AvgIpc) is 3.27. The molecular formula is C27H30ClN4P. The van der Waals surface area contributed by atoms with E-state index in [-0.39, 0.29) is 0 Å². The van der Waals surface area contributed by atoms with Crippen molar-refractivity contribution in [2.45, 2.75) is 26.4 Å². The van der Waals surface area contributed by atoms with E-state index in [1.807, 2.05) is 6.20 Å². The first-order chi connectivity index (χ1) is 16.2. The van der Waals surface area contributed by atoms with Crippen molar-refractivity contribution < 1.29 is 0 Å². The molecule has 1 saturated heterocycles. The number of aromatic nitrogens is 2. The Morgan fingerprint density at radius 3 is 2.55 bits per heavy atom. The highest BCUT2D eigenvalue weighted by Gasteiger charge is 2.18. The highest BCUT2D eigenvalue weighted by atomic mass is 35.5. The van der Waals surface area contributed by atoms with Crippen LogP contribution in [0.2, 0.25) is 5.02 Å². The standard InChI is InChI=1S/C27H30ClN4P/c1-2-20-8-9-23(25(28)14-20)24-19-32-26(30-18-27(32)31-10-12-33-13-11-31)15-22(24)17-29-16-21-6-4-3-5-7-21/h3-9,14-15,18-19,29,33H,2,10-13,16-17H2,1H3. The van der Waals surface area contributed by atoms with Gasteiger partial charge >= 0.3 is 0 Å². The molecule has 170 valence electrons. The van der Waals surface area contributed by atoms with Gasteiger partial charge in [-0.25, -0.2) is 4.98 Å². The second-order valence-electron chi connectivity index (χ2n) is 8.55. The number of hydrogen-bond donors (Lipinski definition) is 1. The molecule has 0 unspecified atom stereocenters. The monoisotopic (exact) mass is 476 g/mol. The Morgan fingerprint density at radius 2 is 1.79 bits per heavy atom. The number of benzene rings is 2. The summed E-state index contributed by atoms with van der Waals surface area (Å²) < 4.78 is 2.24. The molecule has 1 fully saturated rings. The summed E-state index contributed by atoms with van der Waals surface area (Å²) in [5.41, 5.74) is 6.97. The van der Waals surface area contributed by atoms with Gasteiger partial charge in [-0.3, -0.25) is 4.40 Å². The fourth-order valence-electron chi connectivity index (χ4n) is 4.50. The van der Waals surface area contributed by atoms with Gasteiger partial charge in [0.1, 0.15) is 11.5 Å². The Balaban J connectivity index is 1.53. The largest absolute Gasteiger partial charge is 0.356 e. The smallest absolute Gasteiger partial charge is 0.138 e. The second kappa shape index (κ2) is 10.3. The van der Waals surface area contributed by atoms with Gasteiger partial charge in [0.25, 0.3) is 0 Å². The zero-order chi connectivity index (χ0) is 22.6. The first-order valence-corrected chi connectivity index (χ1v) is 13.5. The maximum absolute atomic E-state index is 6.80. The van der Waals surface area contributed by atoms with Crippen molar-refractivity contribution in [2.75, 3.05) is 30.3 Å². The maximum Gasteiger partial charge on any atom is 0.138 e. The van der Waals surface area contributed by atoms with Crippen LogP contribution in [0, 0.1) is 0 Å². The third kappa shape index (κ3) is 4.94. The first kappa shape index (κ1) is 22.4. The molecule has 4 aromatic rings. The second-order valence-corrected chi connectivity index (χ2v) is 10.5. The molecular weight excluding hydrogens is 447 g/mol. The minimum atomic E-state index is 0.750. The van der Waals surface area contributed by atoms with Crippen LogP contribution in [0.25, 0.3) is 16.8 Å². The Kier molecular flexibility index (Phi) is 6.96. The molecule has 1 aliphatic heterocycles. The van der Waals surface area contributed by atoms with Gasteiger partial charge in [-0.2, -0.15) is 0 Å². The van der Waals surface area contributed by atoms with Crippen LogP contribution in [0.4, 0.5) is 5.82 Å². The lowest BCUT2D eigenvalue weighted by molar-refractivity contribution is 0.694. The van der Waals surface area contributed by atoms with Crippen molar-refractivity contribution in [1.82, 2.24) is 14.7 Å². The lowest BCUT2D eigenvalue weighted by Gasteiger charge is -2.28. The van der Waals surface area contributed by atoms with E-state index in [1.54, 1.807) is 0 Å². The van der Waals surface area contributed by atoms with E-state index in [9.17, 15) is 0 Å². The predicted molar refractivity (Wildman–Crippen MR) is 142 cm³/mol. The molecule has 0 aliphatic carbocycles. The van der Waals surface area contributed by atoms with Crippen LogP contribution in [-0.4, -0.2) is 34.8 Å². The summed E-state index contributed by atoms with van der Waals surface area (Å²) in [4.78, 5) is 7.24. The van der Waals surface area contributed by atoms with Crippen LogP contribution in [0.3, 0.4) is 0 Å². The van der Waals surface area contributed by atoms with Crippen molar-refractivity contribution in [3.8, 4) is 11.1 Å². The van der Waals surface area contributed by atoms with Gasteiger partial charge in [0.15, 0.2) is 0 Å². The lowest BCUT2D eigenvalue weighted by atomic mass is 9.99. The molecule has 0 saturated carbocycles. The number of anilines is 1. The molecule has 5 rings (SSSR count). The van der Waals surface area contributed by atoms with Crippen molar-refractivity contribution in [3.63, 3.8) is 0 Å². The SMILES string of the molecule is CCc1ccc(-c2cn3c(N4CCPCC4)cnc3cc2CNCc2ccccc2)c(Cl)c1. The molecule has 1 aliphatic rings. The lowest BCUT2D eigenvalue weighted by Crippen LogP contribution is -2.32. The number of halogens is 1. The summed E-state index contributed by atoms with van der Waals surface area (Å²) >= 11 is 6.80. The molecule has 0 bridgehead atoms. The van der Waals surface area contributed by atoms with Gasteiger partial charge in [-0.15, -0.1) is 8.58 Å². The van der Waals surface area contributed by atoms with Gasteiger partial charge < -0.3 is 10.2 Å². The van der Waals surface area contributed by atoms with Crippen LogP contribution in [0.15, 0.2) is 67.0 Å². The van der Waals surface area contributed by atoms with E-state index < -0.39 is 0 Å². The number of imidazole rings is 1. The fraction of sp³-hybridized carbons (Fsp3) is 0.296. The number of nitrogens with zero attached hydrogens (tertiary/aromatic N) is 3. The van der Waals surface area contributed by atoms with Crippen LogP contribution in [-0.2, 0) is 19.5 Å². The Hall–Kier alpha value is -2.39. The molecule has 0 atom stereocenters. The quantitative estimate of drug-likeness (QED) is 0.332. The van der Waals surface area contributed by atoms with Crippen LogP contribution < -0.4 is 10.2 Å². The maximum atomic E-state index is 6.80. The van der Waals surface area contributed by atoms with E-state index in [0.29, 0.717) is 0 Å². The number of fused-ring (bicyclic) bond motifs is 1. The number of nitrogens with one attached hydrogen (secondary N) is 1. The van der Waals surface area contributed by atoms with E-state index in [1.165, 1.54) is 34.8 Å². The molecule has 33 heavy (non-hydrogen) atoms. The zero-order valence-electron chi connectivity index (χ0n) is 19.0. The van der Waals surface area contributed by atoms with Crippen LogP contribution in [0.1, 0.15) is 23.6 Å². The van der Waals surface area contributed by atoms with Gasteiger partial charge in [0.2, 0.25) is 0 Å². The average molecular weight is 477 g/mol. The van der Waals surface area contributed by atoms with Gasteiger partial charge in [-0.1, -0.05) is 61.0 Å². The number of rotatable bonds is 7. The summed E-state index contributed by atoms with van der Waals surface area (Å²) in [5, 5.41) is 4.42. The van der Waals surface area contributed by atoms with Gasteiger partial charge in [0.05, 0.1) is 6.20 Å². The molecule has 3 heterocycles. The first-order valence-electron chi connectivity index (χ1n) is 11.7. The summed E-state index contributed by atoms with van der Waals surface area (Å²) in [6, 6.07) is 19.2. The van der Waals surface area contributed by atoms with Crippen molar-refractivity contribution in [2.24, 2.45) is 0 Å². The number of hydrogen-bond acceptors (Lipinski definition) is 3. The molecule has 4 nitrogen and oxygen atoms in total. The van der Waals surface area contributed by atoms with Gasteiger partial charge in [-0.05, 0) is 47.6 Å². The van der Waals surface area contributed by atoms with Crippen LogP contribution >= 0.6 is 20.2 Å². The Bertz CT molecular complexity index is 1230. The summed E-state index contributed by atoms with van der Waals surface area (Å²) in [6.45, 7) is 5.94. The summed E-state index contributed by atoms with van der Waals surface area (Å²) in [7, 11) is 1.08. The predicted octanol–water partition coefficient (Wildman–Crippen LogP) is 6.01. The van der Waals surface area contributed by atoms with E-state index in [4.69, 9.17) is 16.6 Å². The summed E-state index contributed by atoms with van der Waals surface area (Å²) in [5.74, 6) is 1.18. The van der Waals surface area contributed by atoms with Crippen molar-refractivity contribution in [1.29, 1.82) is 0 Å². The van der Waals surface area contributed by atoms with Gasteiger partial charge in [0, 0.05) is 48.5 Å². The molecule has 1 N–H and O–H groups in total. The molecule has 2 aromatic carbocycles. The minimum absolute atomic E-state index is 0.750. The molecule has 0 amide bonds. The molecule has 0 spiro atoms. The van der Waals surface area contributed by atoms with Crippen molar-refractivity contribution in [3.05, 3.63) is 88.7 Å². The topological polar surface area (TPSA) is 32.6 Å². The fourth-order valence-corrected chi connectivity index (χ4v) is 5.91. The van der Waals surface area contributed by atoms with E-state index in [2.05, 4.69) is 82.3 Å². The Morgan fingerprint density at radius 1 is 0.970 bits per heavy atom. The van der Waals surface area contributed by atoms with E-state index in [0.717, 1.165) is 63.0 Å². The number of pyridine rings is 1. The van der Waals surface area contributed by atoms with Crippen molar-refractivity contribution >= 4 is 31.6 Å². The molecule has 6 heteroatoms. The highest BCUT2D eigenvalue weighted by molar-refractivity contribution is 7.38.